The van der Waals surface area contributed by atoms with Gasteiger partial charge >= 0.3 is 0 Å². The largest absolute Gasteiger partial charge is 0.497 e. The summed E-state index contributed by atoms with van der Waals surface area (Å²) in [6.45, 7) is 0.681. The smallest absolute Gasteiger partial charge is 0.254 e. The number of nitrogens with zero attached hydrogens (tertiary/aromatic N) is 1. The van der Waals surface area contributed by atoms with E-state index in [-0.39, 0.29) is 24.3 Å². The molecule has 1 fully saturated rings. The third-order valence-electron chi connectivity index (χ3n) is 5.38. The molecule has 30 heavy (non-hydrogen) atoms. The molecule has 1 saturated heterocycles. The van der Waals surface area contributed by atoms with Gasteiger partial charge in [-0.25, -0.2) is 0 Å². The number of hydrogen-bond acceptors (Lipinski definition) is 4. The van der Waals surface area contributed by atoms with Crippen LogP contribution in [0.2, 0.25) is 0 Å². The summed E-state index contributed by atoms with van der Waals surface area (Å²) in [5, 5.41) is 3.32. The second-order valence-corrected chi connectivity index (χ2v) is 7.38. The first-order chi connectivity index (χ1) is 14.6. The number of anilines is 1. The number of methoxy groups -OCH3 is 1. The number of likely N-dealkylation sites (tertiary alicyclic amines) is 1. The van der Waals surface area contributed by atoms with Crippen LogP contribution in [0.15, 0.2) is 78.9 Å². The molecule has 0 aromatic heterocycles. The highest BCUT2D eigenvalue weighted by atomic mass is 16.5. The predicted octanol–water partition coefficient (Wildman–Crippen LogP) is 4.26. The van der Waals surface area contributed by atoms with E-state index in [1.165, 1.54) is 0 Å². The van der Waals surface area contributed by atoms with Crippen molar-refractivity contribution in [2.24, 2.45) is 0 Å². The summed E-state index contributed by atoms with van der Waals surface area (Å²) < 4.78 is 5.17. The molecule has 3 aromatic rings. The Labute approximate surface area is 176 Å². The number of carbonyl (C=O) groups is 2. The van der Waals surface area contributed by atoms with Crippen molar-refractivity contribution in [2.45, 2.75) is 12.5 Å². The van der Waals surface area contributed by atoms with Crippen molar-refractivity contribution in [2.75, 3.05) is 25.5 Å². The predicted molar refractivity (Wildman–Crippen MR) is 118 cm³/mol. The van der Waals surface area contributed by atoms with Crippen LogP contribution in [0.1, 0.15) is 16.8 Å². The number of carbonyl (C=O) groups excluding carboxylic acids is 2. The number of nitrogens with one attached hydrogen (secondary N) is 1. The molecule has 1 heterocycles. The van der Waals surface area contributed by atoms with E-state index >= 15 is 0 Å². The number of rotatable bonds is 6. The van der Waals surface area contributed by atoms with Gasteiger partial charge in [-0.05, 0) is 47.5 Å². The minimum Gasteiger partial charge on any atom is -0.497 e. The van der Waals surface area contributed by atoms with Gasteiger partial charge in [0.1, 0.15) is 5.75 Å². The normalized spacial score (nSPS) is 15.8. The number of hydrogen-bond donors (Lipinski definition) is 1. The molecule has 1 aliphatic rings. The molecule has 5 heteroatoms. The molecular formula is C25H24N2O3. The van der Waals surface area contributed by atoms with Crippen LogP contribution in [0.5, 0.6) is 5.75 Å². The number of ether oxygens (including phenoxy) is 1. The second-order valence-electron chi connectivity index (χ2n) is 7.38. The lowest BCUT2D eigenvalue weighted by Gasteiger charge is -2.24. The molecule has 0 radical (unpaired) electrons. The van der Waals surface area contributed by atoms with Gasteiger partial charge in [-0.2, -0.15) is 0 Å². The summed E-state index contributed by atoms with van der Waals surface area (Å²) in [5.41, 5.74) is 3.69. The molecule has 152 valence electrons. The fraction of sp³-hybridized carbons (Fsp3) is 0.200. The zero-order valence-corrected chi connectivity index (χ0v) is 16.9. The molecule has 1 N–H and O–H groups in total. The van der Waals surface area contributed by atoms with Gasteiger partial charge in [0.15, 0.2) is 5.78 Å². The molecule has 0 spiro atoms. The van der Waals surface area contributed by atoms with Gasteiger partial charge in [0, 0.05) is 24.2 Å². The Morgan fingerprint density at radius 3 is 2.30 bits per heavy atom. The van der Waals surface area contributed by atoms with Gasteiger partial charge in [-0.15, -0.1) is 0 Å². The number of Topliss-reactive ketones (excluding diaryl/α,β-unsaturated/α-hetero) is 1. The first kappa shape index (κ1) is 19.7. The van der Waals surface area contributed by atoms with Gasteiger partial charge in [0.05, 0.1) is 19.7 Å². The van der Waals surface area contributed by atoms with Crippen LogP contribution < -0.4 is 10.1 Å². The van der Waals surface area contributed by atoms with Crippen LogP contribution in [0.4, 0.5) is 5.69 Å². The molecule has 4 rings (SSSR count). The summed E-state index contributed by atoms with van der Waals surface area (Å²) in [6.07, 6.45) is 0.372. The standard InChI is InChI=1S/C25H24N2O3/c1-30-24-13-11-21(12-14-24)26-16-22-15-23(28)17-27(22)25(29)20-9-7-19(8-10-20)18-5-3-2-4-6-18/h2-14,22,26H,15-17H2,1H3/t22-/m0/s1. The van der Waals surface area contributed by atoms with Crippen LogP contribution in [-0.4, -0.2) is 42.8 Å². The number of amides is 1. The lowest BCUT2D eigenvalue weighted by Crippen LogP contribution is -2.39. The Bertz CT molecular complexity index is 1010. The lowest BCUT2D eigenvalue weighted by molar-refractivity contribution is -0.116. The maximum atomic E-state index is 13.1. The van der Waals surface area contributed by atoms with E-state index in [9.17, 15) is 9.59 Å². The van der Waals surface area contributed by atoms with E-state index in [2.05, 4.69) is 5.32 Å². The van der Waals surface area contributed by atoms with Gasteiger partial charge in [0.2, 0.25) is 0 Å². The Morgan fingerprint density at radius 2 is 1.63 bits per heavy atom. The van der Waals surface area contributed by atoms with Crippen molar-refractivity contribution in [3.63, 3.8) is 0 Å². The van der Waals surface area contributed by atoms with E-state index in [0.29, 0.717) is 18.5 Å². The van der Waals surface area contributed by atoms with Crippen molar-refractivity contribution >= 4 is 17.4 Å². The average molecular weight is 400 g/mol. The molecule has 1 atom stereocenters. The summed E-state index contributed by atoms with van der Waals surface area (Å²) in [7, 11) is 1.63. The summed E-state index contributed by atoms with van der Waals surface area (Å²) >= 11 is 0. The first-order valence-electron chi connectivity index (χ1n) is 10.00. The van der Waals surface area contributed by atoms with Crippen LogP contribution >= 0.6 is 0 Å². The van der Waals surface area contributed by atoms with Gasteiger partial charge < -0.3 is 15.0 Å². The average Bonchev–Trinajstić information content (AvgIpc) is 3.18. The van der Waals surface area contributed by atoms with Gasteiger partial charge in [-0.3, -0.25) is 9.59 Å². The zero-order valence-electron chi connectivity index (χ0n) is 16.9. The quantitative estimate of drug-likeness (QED) is 0.672. The minimum absolute atomic E-state index is 0.0887. The molecule has 5 nitrogen and oxygen atoms in total. The second kappa shape index (κ2) is 8.82. The zero-order chi connectivity index (χ0) is 20.9. The summed E-state index contributed by atoms with van der Waals surface area (Å²) in [4.78, 5) is 26.8. The molecule has 1 amide bonds. The van der Waals surface area contributed by atoms with Crippen molar-refractivity contribution < 1.29 is 14.3 Å². The molecule has 0 aliphatic carbocycles. The van der Waals surface area contributed by atoms with E-state index < -0.39 is 0 Å². The number of benzene rings is 3. The SMILES string of the molecule is COc1ccc(NC[C@@H]2CC(=O)CN2C(=O)c2ccc(-c3ccccc3)cc2)cc1. The van der Waals surface area contributed by atoms with E-state index in [1.54, 1.807) is 12.0 Å². The molecule has 0 unspecified atom stereocenters. The summed E-state index contributed by atoms with van der Waals surface area (Å²) in [6, 6.07) is 25.0. The molecule has 0 saturated carbocycles. The third-order valence-corrected chi connectivity index (χ3v) is 5.38. The van der Waals surface area contributed by atoms with Crippen molar-refractivity contribution in [3.05, 3.63) is 84.4 Å². The van der Waals surface area contributed by atoms with E-state index in [1.807, 2.05) is 78.9 Å². The minimum atomic E-state index is -0.166. The highest BCUT2D eigenvalue weighted by Crippen LogP contribution is 2.23. The number of ketones is 1. The molecule has 1 aliphatic heterocycles. The Hall–Kier alpha value is -3.60. The van der Waals surface area contributed by atoms with Crippen LogP contribution in [-0.2, 0) is 4.79 Å². The maximum absolute atomic E-state index is 13.1. The molecule has 0 bridgehead atoms. The van der Waals surface area contributed by atoms with E-state index in [4.69, 9.17) is 4.74 Å². The third kappa shape index (κ3) is 4.35. The Kier molecular flexibility index (Phi) is 5.80. The van der Waals surface area contributed by atoms with Crippen molar-refractivity contribution in [1.82, 2.24) is 4.90 Å². The van der Waals surface area contributed by atoms with E-state index in [0.717, 1.165) is 22.6 Å². The van der Waals surface area contributed by atoms with Crippen molar-refractivity contribution in [3.8, 4) is 16.9 Å². The fourth-order valence-electron chi connectivity index (χ4n) is 3.72. The monoisotopic (exact) mass is 400 g/mol. The first-order valence-corrected chi connectivity index (χ1v) is 10.00. The van der Waals surface area contributed by atoms with Gasteiger partial charge in [-0.1, -0.05) is 42.5 Å². The Balaban J connectivity index is 1.44. The molecular weight excluding hydrogens is 376 g/mol. The topological polar surface area (TPSA) is 58.6 Å². The Morgan fingerprint density at radius 1 is 0.967 bits per heavy atom. The molecule has 3 aromatic carbocycles. The summed E-state index contributed by atoms with van der Waals surface area (Å²) in [5.74, 6) is 0.764. The lowest BCUT2D eigenvalue weighted by atomic mass is 10.0. The van der Waals surface area contributed by atoms with Crippen LogP contribution in [0.25, 0.3) is 11.1 Å². The van der Waals surface area contributed by atoms with Crippen LogP contribution in [0.3, 0.4) is 0 Å². The highest BCUT2D eigenvalue weighted by Gasteiger charge is 2.34. The van der Waals surface area contributed by atoms with Gasteiger partial charge in [0.25, 0.3) is 5.91 Å². The van der Waals surface area contributed by atoms with Crippen LogP contribution in [0, 0.1) is 0 Å². The fourth-order valence-corrected chi connectivity index (χ4v) is 3.72. The maximum Gasteiger partial charge on any atom is 0.254 e. The highest BCUT2D eigenvalue weighted by molar-refractivity contribution is 5.99. The van der Waals surface area contributed by atoms with Crippen molar-refractivity contribution in [1.29, 1.82) is 0 Å².